The maximum absolute atomic E-state index is 13.1. The van der Waals surface area contributed by atoms with E-state index in [9.17, 15) is 14.4 Å². The first-order valence-corrected chi connectivity index (χ1v) is 10.7. The number of fused-ring (bicyclic) bond motifs is 1. The van der Waals surface area contributed by atoms with Gasteiger partial charge in [0, 0.05) is 19.1 Å². The van der Waals surface area contributed by atoms with Crippen LogP contribution >= 0.6 is 11.3 Å². The number of rotatable bonds is 2. The minimum Gasteiger partial charge on any atom is -0.335 e. The van der Waals surface area contributed by atoms with Crippen molar-refractivity contribution in [3.05, 3.63) is 15.6 Å². The first-order chi connectivity index (χ1) is 13.0. The topological polar surface area (TPSA) is 73.8 Å². The number of carbonyl (C=O) groups is 3. The number of amides is 4. The molecule has 4 rings (SSSR count). The van der Waals surface area contributed by atoms with Crippen LogP contribution in [0.15, 0.2) is 0 Å². The Morgan fingerprint density at radius 2 is 1.81 bits per heavy atom. The van der Waals surface area contributed by atoms with Crippen molar-refractivity contribution in [2.24, 2.45) is 0 Å². The quantitative estimate of drug-likeness (QED) is 0.728. The maximum Gasteiger partial charge on any atom is 0.327 e. The number of nitrogens with zero attached hydrogens (tertiary/aromatic N) is 4. The van der Waals surface area contributed by atoms with Gasteiger partial charge in [-0.3, -0.25) is 14.5 Å². The third-order valence-corrected chi connectivity index (χ3v) is 6.96. The summed E-state index contributed by atoms with van der Waals surface area (Å²) < 4.78 is 0. The molecule has 0 radical (unpaired) electrons. The summed E-state index contributed by atoms with van der Waals surface area (Å²) in [7, 11) is 0. The number of hydrogen-bond donors (Lipinski definition) is 0. The monoisotopic (exact) mass is 390 g/mol. The third kappa shape index (κ3) is 3.24. The Hall–Kier alpha value is -1.96. The van der Waals surface area contributed by atoms with Crippen molar-refractivity contribution in [2.75, 3.05) is 19.6 Å². The van der Waals surface area contributed by atoms with Gasteiger partial charge in [-0.25, -0.2) is 9.78 Å². The van der Waals surface area contributed by atoms with Gasteiger partial charge in [0.25, 0.3) is 11.8 Å². The standard InChI is InChI=1S/C19H26N4O3S/c1-12-16(27-13(2)20-12)18(25)21-9-6-10-22-15(11-21)17(24)23(19(22)26)14-7-4-3-5-8-14/h14-15H,3-11H2,1-2H3. The molecule has 146 valence electrons. The van der Waals surface area contributed by atoms with E-state index in [0.29, 0.717) is 24.4 Å². The zero-order chi connectivity index (χ0) is 19.1. The van der Waals surface area contributed by atoms with E-state index in [-0.39, 0.29) is 30.4 Å². The van der Waals surface area contributed by atoms with Gasteiger partial charge in [0.2, 0.25) is 0 Å². The third-order valence-electron chi connectivity index (χ3n) is 5.90. The average molecular weight is 391 g/mol. The van der Waals surface area contributed by atoms with Gasteiger partial charge in [-0.1, -0.05) is 19.3 Å². The van der Waals surface area contributed by atoms with E-state index < -0.39 is 6.04 Å². The summed E-state index contributed by atoms with van der Waals surface area (Å²) in [5.74, 6) is -0.194. The average Bonchev–Trinajstić information content (AvgIpc) is 2.99. The van der Waals surface area contributed by atoms with Crippen LogP contribution in [0.1, 0.15) is 58.9 Å². The van der Waals surface area contributed by atoms with Gasteiger partial charge in [0.15, 0.2) is 0 Å². The highest BCUT2D eigenvalue weighted by Gasteiger charge is 2.49. The zero-order valence-electron chi connectivity index (χ0n) is 15.9. The number of carbonyl (C=O) groups excluding carboxylic acids is 3. The van der Waals surface area contributed by atoms with Crippen LogP contribution in [0.3, 0.4) is 0 Å². The molecule has 2 saturated heterocycles. The minimum atomic E-state index is -0.541. The van der Waals surface area contributed by atoms with E-state index >= 15 is 0 Å². The first kappa shape index (κ1) is 18.4. The van der Waals surface area contributed by atoms with E-state index in [1.165, 1.54) is 22.7 Å². The molecule has 3 fully saturated rings. The number of aryl methyl sites for hydroxylation is 2. The second-order valence-corrected chi connectivity index (χ2v) is 8.95. The largest absolute Gasteiger partial charge is 0.335 e. The van der Waals surface area contributed by atoms with Crippen LogP contribution in [0, 0.1) is 13.8 Å². The number of aromatic nitrogens is 1. The molecule has 1 aromatic rings. The van der Waals surface area contributed by atoms with Crippen molar-refractivity contribution >= 4 is 29.2 Å². The van der Waals surface area contributed by atoms with Gasteiger partial charge in [-0.05, 0) is 33.1 Å². The lowest BCUT2D eigenvalue weighted by Gasteiger charge is -2.29. The van der Waals surface area contributed by atoms with Crippen molar-refractivity contribution in [2.45, 2.75) is 64.5 Å². The molecular formula is C19H26N4O3S. The molecule has 1 aromatic heterocycles. The Morgan fingerprint density at radius 3 is 2.48 bits per heavy atom. The first-order valence-electron chi connectivity index (χ1n) is 9.84. The maximum atomic E-state index is 13.1. The van der Waals surface area contributed by atoms with E-state index in [4.69, 9.17) is 0 Å². The Kier molecular flexibility index (Phi) is 4.92. The highest BCUT2D eigenvalue weighted by Crippen LogP contribution is 2.31. The van der Waals surface area contributed by atoms with Gasteiger partial charge in [-0.2, -0.15) is 0 Å². The molecule has 0 aromatic carbocycles. The summed E-state index contributed by atoms with van der Waals surface area (Å²) in [5, 5.41) is 0.864. The fourth-order valence-corrected chi connectivity index (χ4v) is 5.44. The Balaban J connectivity index is 1.54. The van der Waals surface area contributed by atoms with Crippen molar-refractivity contribution in [1.82, 2.24) is 19.7 Å². The molecule has 7 nitrogen and oxygen atoms in total. The molecule has 0 N–H and O–H groups in total. The summed E-state index contributed by atoms with van der Waals surface area (Å²) >= 11 is 1.39. The van der Waals surface area contributed by atoms with Crippen molar-refractivity contribution in [3.8, 4) is 0 Å². The lowest BCUT2D eigenvalue weighted by Crippen LogP contribution is -2.45. The molecule has 1 saturated carbocycles. The summed E-state index contributed by atoms with van der Waals surface area (Å²) in [6.07, 6.45) is 5.81. The van der Waals surface area contributed by atoms with Gasteiger partial charge in [0.1, 0.15) is 10.9 Å². The molecule has 1 atom stereocenters. The summed E-state index contributed by atoms with van der Waals surface area (Å²) in [6, 6.07) is -0.669. The normalized spacial score (nSPS) is 24.4. The highest BCUT2D eigenvalue weighted by atomic mass is 32.1. The SMILES string of the molecule is Cc1nc(C)c(C(=O)N2CCCN3C(=O)N(C4CCCCC4)C(=O)C3C2)s1. The summed E-state index contributed by atoms with van der Waals surface area (Å²) in [5.41, 5.74) is 0.737. The van der Waals surface area contributed by atoms with Crippen molar-refractivity contribution in [1.29, 1.82) is 0 Å². The second kappa shape index (κ2) is 7.22. The van der Waals surface area contributed by atoms with Gasteiger partial charge < -0.3 is 9.80 Å². The Morgan fingerprint density at radius 1 is 1.07 bits per heavy atom. The number of hydrogen-bond acceptors (Lipinski definition) is 5. The van der Waals surface area contributed by atoms with Crippen molar-refractivity contribution < 1.29 is 14.4 Å². The number of urea groups is 1. The van der Waals surface area contributed by atoms with Gasteiger partial charge in [-0.15, -0.1) is 11.3 Å². The lowest BCUT2D eigenvalue weighted by atomic mass is 9.94. The van der Waals surface area contributed by atoms with Crippen LogP contribution in [-0.2, 0) is 4.79 Å². The molecular weight excluding hydrogens is 364 g/mol. The van der Waals surface area contributed by atoms with Crippen LogP contribution in [0.5, 0.6) is 0 Å². The van der Waals surface area contributed by atoms with Crippen molar-refractivity contribution in [3.63, 3.8) is 0 Å². The molecule has 3 aliphatic rings. The summed E-state index contributed by atoms with van der Waals surface area (Å²) in [4.78, 5) is 48.9. The van der Waals surface area contributed by atoms with Gasteiger partial charge in [0.05, 0.1) is 17.2 Å². The molecule has 2 aliphatic heterocycles. The van der Waals surface area contributed by atoms with Gasteiger partial charge >= 0.3 is 6.03 Å². The predicted molar refractivity (Wildman–Crippen MR) is 102 cm³/mol. The number of thiazole rings is 1. The summed E-state index contributed by atoms with van der Waals surface area (Å²) in [6.45, 7) is 5.11. The molecule has 1 unspecified atom stereocenters. The molecule has 27 heavy (non-hydrogen) atoms. The van der Waals surface area contributed by atoms with Crippen LogP contribution in [0.25, 0.3) is 0 Å². The Bertz CT molecular complexity index is 771. The fraction of sp³-hybridized carbons (Fsp3) is 0.684. The molecule has 0 bridgehead atoms. The van der Waals surface area contributed by atoms with Crippen LogP contribution in [0.2, 0.25) is 0 Å². The zero-order valence-corrected chi connectivity index (χ0v) is 16.8. The van der Waals surface area contributed by atoms with Crippen LogP contribution < -0.4 is 0 Å². The molecule has 1 aliphatic carbocycles. The van der Waals surface area contributed by atoms with E-state index in [2.05, 4.69) is 4.98 Å². The second-order valence-electron chi connectivity index (χ2n) is 7.74. The highest BCUT2D eigenvalue weighted by molar-refractivity contribution is 7.13. The molecule has 8 heteroatoms. The molecule has 3 heterocycles. The van der Waals surface area contributed by atoms with E-state index in [0.717, 1.165) is 36.4 Å². The van der Waals surface area contributed by atoms with E-state index in [1.54, 1.807) is 9.80 Å². The fourth-order valence-electron chi connectivity index (χ4n) is 4.55. The molecule has 4 amide bonds. The minimum absolute atomic E-state index is 0.0289. The van der Waals surface area contributed by atoms with Crippen LogP contribution in [-0.4, -0.2) is 69.2 Å². The number of imide groups is 1. The van der Waals surface area contributed by atoms with Crippen LogP contribution in [0.4, 0.5) is 4.79 Å². The van der Waals surface area contributed by atoms with E-state index in [1.807, 2.05) is 13.8 Å². The molecule has 0 spiro atoms. The lowest BCUT2D eigenvalue weighted by molar-refractivity contribution is -0.130. The smallest absolute Gasteiger partial charge is 0.327 e. The Labute approximate surface area is 163 Å². The predicted octanol–water partition coefficient (Wildman–Crippen LogP) is 2.57.